The fraction of sp³-hybridized carbons (Fsp3) is 0.333. The normalized spacial score (nSPS) is 9.05. The molecule has 0 saturated heterocycles. The molecule has 2 rings (SSSR count). The highest BCUT2D eigenvalue weighted by Crippen LogP contribution is 2.11. The van der Waals surface area contributed by atoms with Gasteiger partial charge < -0.3 is 16.3 Å². The molecule has 0 bridgehead atoms. The Bertz CT molecular complexity index is 486. The van der Waals surface area contributed by atoms with Crippen molar-refractivity contribution in [1.29, 1.82) is 5.41 Å². The number of benzene rings is 2. The van der Waals surface area contributed by atoms with E-state index in [9.17, 15) is 4.79 Å². The van der Waals surface area contributed by atoms with Crippen LogP contribution in [-0.4, -0.2) is 18.7 Å². The predicted octanol–water partition coefficient (Wildman–Crippen LogP) is 3.49. The minimum atomic E-state index is 0.212. The summed E-state index contributed by atoms with van der Waals surface area (Å²) in [6, 6.07) is 16.7. The lowest BCUT2D eigenvalue weighted by molar-refractivity contribution is -0.117. The summed E-state index contributed by atoms with van der Waals surface area (Å²) in [4.78, 5) is 10.4. The first-order valence-electron chi connectivity index (χ1n) is 7.43. The van der Waals surface area contributed by atoms with Crippen molar-refractivity contribution >= 4 is 22.4 Å². The standard InChI is InChI=1S/C10H8.C7H14N2O.CH5N/c1-2-6-10-8-4-3-7-9(10)5-1;1-6(10)4-2-3-5-7(8)9;1-2/h1-8H;2-5H2,1H3,(H3,8,9);2H2,1H3. The molecule has 120 valence electrons. The number of rotatable bonds is 5. The molecule has 0 aromatic heterocycles. The summed E-state index contributed by atoms with van der Waals surface area (Å²) in [5.41, 5.74) is 9.61. The molecule has 2 aromatic carbocycles. The molecule has 4 nitrogen and oxygen atoms in total. The molecule has 0 aliphatic heterocycles. The van der Waals surface area contributed by atoms with Gasteiger partial charge in [0.05, 0.1) is 5.84 Å². The lowest BCUT2D eigenvalue weighted by Gasteiger charge is -1.95. The van der Waals surface area contributed by atoms with Gasteiger partial charge in [0.15, 0.2) is 0 Å². The summed E-state index contributed by atoms with van der Waals surface area (Å²) in [6.07, 6.45) is 2.95. The van der Waals surface area contributed by atoms with E-state index in [4.69, 9.17) is 11.1 Å². The van der Waals surface area contributed by atoms with Gasteiger partial charge in [0, 0.05) is 12.8 Å². The van der Waals surface area contributed by atoms with E-state index in [1.807, 2.05) is 0 Å². The fourth-order valence-corrected chi connectivity index (χ4v) is 1.82. The Kier molecular flexibility index (Phi) is 11.3. The third-order valence-electron chi connectivity index (χ3n) is 2.88. The van der Waals surface area contributed by atoms with Crippen LogP contribution in [-0.2, 0) is 4.79 Å². The van der Waals surface area contributed by atoms with Gasteiger partial charge in [0.25, 0.3) is 0 Å². The Morgan fingerprint density at radius 1 is 0.909 bits per heavy atom. The van der Waals surface area contributed by atoms with Gasteiger partial charge in [-0.1, -0.05) is 48.5 Å². The molecular formula is C18H27N3O. The smallest absolute Gasteiger partial charge is 0.129 e. The van der Waals surface area contributed by atoms with Crippen LogP contribution in [0.1, 0.15) is 32.6 Å². The Hall–Kier alpha value is -2.20. The zero-order valence-electron chi connectivity index (χ0n) is 13.5. The molecule has 5 N–H and O–H groups in total. The van der Waals surface area contributed by atoms with Crippen molar-refractivity contribution in [2.45, 2.75) is 32.6 Å². The summed E-state index contributed by atoms with van der Waals surface area (Å²) >= 11 is 0. The van der Waals surface area contributed by atoms with Crippen molar-refractivity contribution in [3.63, 3.8) is 0 Å². The first-order chi connectivity index (χ1) is 10.6. The highest BCUT2D eigenvalue weighted by molar-refractivity contribution is 5.82. The number of unbranched alkanes of at least 4 members (excludes halogenated alkanes) is 1. The Morgan fingerprint density at radius 3 is 1.59 bits per heavy atom. The van der Waals surface area contributed by atoms with E-state index >= 15 is 0 Å². The molecule has 0 heterocycles. The van der Waals surface area contributed by atoms with Crippen molar-refractivity contribution in [2.24, 2.45) is 11.5 Å². The van der Waals surface area contributed by atoms with E-state index < -0.39 is 0 Å². The number of Topliss-reactive ketones (excluding diaryl/α,β-unsaturated/α-hetero) is 1. The van der Waals surface area contributed by atoms with E-state index in [0.29, 0.717) is 12.8 Å². The molecule has 0 radical (unpaired) electrons. The maximum absolute atomic E-state index is 10.4. The summed E-state index contributed by atoms with van der Waals surface area (Å²) < 4.78 is 0. The molecule has 0 fully saturated rings. The Balaban J connectivity index is 0.000000360. The zero-order valence-corrected chi connectivity index (χ0v) is 13.5. The monoisotopic (exact) mass is 301 g/mol. The van der Waals surface area contributed by atoms with Crippen LogP contribution in [0.15, 0.2) is 48.5 Å². The second kappa shape index (κ2) is 12.5. The summed E-state index contributed by atoms with van der Waals surface area (Å²) in [7, 11) is 1.50. The molecule has 0 atom stereocenters. The molecule has 0 aliphatic rings. The van der Waals surface area contributed by atoms with Crippen LogP contribution in [0, 0.1) is 5.41 Å². The molecule has 0 unspecified atom stereocenters. The molecule has 0 aliphatic carbocycles. The topological polar surface area (TPSA) is 93.0 Å². The first-order valence-corrected chi connectivity index (χ1v) is 7.43. The minimum Gasteiger partial charge on any atom is -0.388 e. The molecule has 4 heteroatoms. The van der Waals surface area contributed by atoms with Crippen LogP contribution in [0.3, 0.4) is 0 Å². The lowest BCUT2D eigenvalue weighted by Crippen LogP contribution is -2.08. The largest absolute Gasteiger partial charge is 0.388 e. The number of ketones is 1. The second-order valence-corrected chi connectivity index (χ2v) is 4.78. The molecule has 0 spiro atoms. The van der Waals surface area contributed by atoms with Crippen molar-refractivity contribution in [3.8, 4) is 0 Å². The van der Waals surface area contributed by atoms with Gasteiger partial charge in [0.1, 0.15) is 5.78 Å². The third-order valence-corrected chi connectivity index (χ3v) is 2.88. The number of hydrogen-bond acceptors (Lipinski definition) is 3. The molecule has 22 heavy (non-hydrogen) atoms. The van der Waals surface area contributed by atoms with Crippen LogP contribution < -0.4 is 11.5 Å². The van der Waals surface area contributed by atoms with Crippen molar-refractivity contribution in [2.75, 3.05) is 7.05 Å². The van der Waals surface area contributed by atoms with Gasteiger partial charge in [-0.15, -0.1) is 0 Å². The fourth-order valence-electron chi connectivity index (χ4n) is 1.82. The summed E-state index contributed by atoms with van der Waals surface area (Å²) in [6.45, 7) is 1.58. The quantitative estimate of drug-likeness (QED) is 0.448. The van der Waals surface area contributed by atoms with Gasteiger partial charge in [-0.05, 0) is 37.6 Å². The van der Waals surface area contributed by atoms with Gasteiger partial charge in [-0.25, -0.2) is 0 Å². The number of fused-ring (bicyclic) bond motifs is 1. The van der Waals surface area contributed by atoms with E-state index in [0.717, 1.165) is 12.8 Å². The van der Waals surface area contributed by atoms with Gasteiger partial charge in [-0.2, -0.15) is 0 Å². The number of carbonyl (C=O) groups is 1. The lowest BCUT2D eigenvalue weighted by atomic mass is 10.1. The molecule has 0 amide bonds. The van der Waals surface area contributed by atoms with Crippen LogP contribution in [0.25, 0.3) is 10.8 Å². The molecule has 0 saturated carbocycles. The van der Waals surface area contributed by atoms with E-state index in [-0.39, 0.29) is 11.6 Å². The van der Waals surface area contributed by atoms with Crippen LogP contribution in [0.5, 0.6) is 0 Å². The number of carbonyl (C=O) groups excluding carboxylic acids is 1. The molecular weight excluding hydrogens is 274 g/mol. The number of hydrogen-bond donors (Lipinski definition) is 3. The maximum Gasteiger partial charge on any atom is 0.129 e. The summed E-state index contributed by atoms with van der Waals surface area (Å²) in [5.74, 6) is 0.423. The maximum atomic E-state index is 10.4. The van der Waals surface area contributed by atoms with Gasteiger partial charge in [0.2, 0.25) is 0 Å². The number of nitrogens with one attached hydrogen (secondary N) is 1. The van der Waals surface area contributed by atoms with Crippen molar-refractivity contribution < 1.29 is 4.79 Å². The third kappa shape index (κ3) is 9.66. The molecule has 2 aromatic rings. The highest BCUT2D eigenvalue weighted by atomic mass is 16.1. The second-order valence-electron chi connectivity index (χ2n) is 4.78. The number of nitrogens with two attached hydrogens (primary N) is 2. The van der Waals surface area contributed by atoms with Gasteiger partial charge >= 0.3 is 0 Å². The SMILES string of the molecule is CC(=O)CCCCC(=N)N.CN.c1ccc2ccccc2c1. The predicted molar refractivity (Wildman–Crippen MR) is 95.1 cm³/mol. The van der Waals surface area contributed by atoms with Crippen LogP contribution in [0.2, 0.25) is 0 Å². The Morgan fingerprint density at radius 2 is 1.27 bits per heavy atom. The number of amidine groups is 1. The van der Waals surface area contributed by atoms with Crippen molar-refractivity contribution in [3.05, 3.63) is 48.5 Å². The Labute approximate surface area is 133 Å². The van der Waals surface area contributed by atoms with E-state index in [1.165, 1.54) is 17.8 Å². The summed E-state index contributed by atoms with van der Waals surface area (Å²) in [5, 5.41) is 9.49. The van der Waals surface area contributed by atoms with E-state index in [2.05, 4.69) is 54.3 Å². The first kappa shape index (κ1) is 19.8. The minimum absolute atomic E-state index is 0.212. The van der Waals surface area contributed by atoms with Crippen LogP contribution in [0.4, 0.5) is 0 Å². The average molecular weight is 301 g/mol. The highest BCUT2D eigenvalue weighted by Gasteiger charge is 1.94. The van der Waals surface area contributed by atoms with Crippen LogP contribution >= 0.6 is 0 Å². The van der Waals surface area contributed by atoms with Crippen molar-refractivity contribution in [1.82, 2.24) is 0 Å². The van der Waals surface area contributed by atoms with E-state index in [1.54, 1.807) is 6.92 Å². The average Bonchev–Trinajstić information content (AvgIpc) is 2.54. The zero-order chi connectivity index (χ0) is 16.8. The van der Waals surface area contributed by atoms with Gasteiger partial charge in [-0.3, -0.25) is 5.41 Å².